The summed E-state index contributed by atoms with van der Waals surface area (Å²) in [6.07, 6.45) is -15.1. The third kappa shape index (κ3) is 6.38. The highest BCUT2D eigenvalue weighted by atomic mass is 16.8. The molecule has 2 aromatic carbocycles. The van der Waals surface area contributed by atoms with Gasteiger partial charge in [0.1, 0.15) is 36.6 Å². The first-order valence-electron chi connectivity index (χ1n) is 15.5. The number of phenolic OH excluding ortho intramolecular Hbond substituents is 1. The van der Waals surface area contributed by atoms with Crippen LogP contribution >= 0.6 is 0 Å². The van der Waals surface area contributed by atoms with E-state index in [0.717, 1.165) is 11.1 Å². The number of aliphatic hydroxyl groups is 6. The van der Waals surface area contributed by atoms with E-state index < -0.39 is 68.0 Å². The normalized spacial score (nSPS) is 40.2. The fourth-order valence-electron chi connectivity index (χ4n) is 6.77. The minimum Gasteiger partial charge on any atom is -0.504 e. The first-order chi connectivity index (χ1) is 22.6. The van der Waals surface area contributed by atoms with Gasteiger partial charge in [0.2, 0.25) is 6.29 Å². The monoisotopic (exact) mass is 666 g/mol. The van der Waals surface area contributed by atoms with Crippen molar-refractivity contribution in [3.63, 3.8) is 0 Å². The number of hydrogen-bond acceptors (Lipinski definition) is 15. The van der Waals surface area contributed by atoms with Crippen LogP contribution in [0.25, 0.3) is 0 Å². The molecule has 14 atom stereocenters. The average molecular weight is 667 g/mol. The largest absolute Gasteiger partial charge is 0.504 e. The molecular weight excluding hydrogens is 624 g/mol. The van der Waals surface area contributed by atoms with Crippen LogP contribution in [-0.4, -0.2) is 131 Å². The van der Waals surface area contributed by atoms with Crippen molar-refractivity contribution in [1.82, 2.24) is 0 Å². The predicted octanol–water partition coefficient (Wildman–Crippen LogP) is -0.485. The lowest BCUT2D eigenvalue weighted by atomic mass is 9.85. The van der Waals surface area contributed by atoms with E-state index in [1.54, 1.807) is 30.3 Å². The first-order valence-corrected chi connectivity index (χ1v) is 15.5. The Morgan fingerprint density at radius 3 is 1.94 bits per heavy atom. The highest BCUT2D eigenvalue weighted by molar-refractivity contribution is 5.45. The van der Waals surface area contributed by atoms with E-state index in [2.05, 4.69) is 0 Å². The van der Waals surface area contributed by atoms with Gasteiger partial charge in [-0.05, 0) is 42.3 Å². The zero-order chi connectivity index (χ0) is 33.6. The zero-order valence-corrected chi connectivity index (χ0v) is 26.1. The van der Waals surface area contributed by atoms with Gasteiger partial charge < -0.3 is 73.6 Å². The minimum absolute atomic E-state index is 0.0239. The summed E-state index contributed by atoms with van der Waals surface area (Å²) in [6.45, 7) is 1.72. The van der Waals surface area contributed by atoms with Gasteiger partial charge in [-0.3, -0.25) is 0 Å². The van der Waals surface area contributed by atoms with Crippen molar-refractivity contribution in [3.05, 3.63) is 47.5 Å². The van der Waals surface area contributed by atoms with Crippen molar-refractivity contribution in [1.29, 1.82) is 0 Å². The van der Waals surface area contributed by atoms with Crippen LogP contribution in [-0.2, 0) is 23.7 Å². The maximum Gasteiger partial charge on any atom is 0.229 e. The van der Waals surface area contributed by atoms with Crippen molar-refractivity contribution in [2.24, 2.45) is 11.8 Å². The standard InChI is InChI=1S/C32H42O15/c1-13-23(35)25(37)27(39)31(44-13)47-30-26(38)24(36)22(10-33)46-32(30)45-19-7-5-15(9-21(19)41-3)29-17-12-42-28(16(17)11-43-29)14-4-6-18(34)20(8-14)40-2/h4-9,13,16-17,22-39H,10-12H2,1-3H3. The molecule has 15 nitrogen and oxygen atoms in total. The average Bonchev–Trinajstić information content (AvgIpc) is 3.69. The molecule has 47 heavy (non-hydrogen) atoms. The van der Waals surface area contributed by atoms with Crippen LogP contribution in [0.15, 0.2) is 36.4 Å². The molecule has 4 aliphatic rings. The Balaban J connectivity index is 1.20. The highest BCUT2D eigenvalue weighted by Crippen LogP contribution is 2.51. The summed E-state index contributed by atoms with van der Waals surface area (Å²) in [4.78, 5) is 0. The predicted molar refractivity (Wildman–Crippen MR) is 158 cm³/mol. The summed E-state index contributed by atoms with van der Waals surface area (Å²) in [5.74, 6) is 0.945. The van der Waals surface area contributed by atoms with Crippen molar-refractivity contribution in [2.45, 2.75) is 80.5 Å². The SMILES string of the molecule is COc1cc(C2OCC3C(c4ccc(OC5OC(CO)C(O)C(O)C5OC5OC(C)C(O)C(O)C5O)c(OC)c4)OCC23)ccc1O. The third-order valence-corrected chi connectivity index (χ3v) is 9.48. The van der Waals surface area contributed by atoms with E-state index in [1.165, 1.54) is 21.1 Å². The molecule has 4 saturated heterocycles. The molecular formula is C32H42O15. The molecule has 0 bridgehead atoms. The van der Waals surface area contributed by atoms with E-state index in [9.17, 15) is 35.7 Å². The van der Waals surface area contributed by atoms with Gasteiger partial charge in [-0.25, -0.2) is 0 Å². The van der Waals surface area contributed by atoms with E-state index in [0.29, 0.717) is 19.0 Å². The molecule has 15 heteroatoms. The number of aromatic hydroxyl groups is 1. The van der Waals surface area contributed by atoms with Crippen LogP contribution in [0.5, 0.6) is 23.0 Å². The van der Waals surface area contributed by atoms with E-state index in [1.807, 2.05) is 6.07 Å². The Morgan fingerprint density at radius 2 is 1.32 bits per heavy atom. The summed E-state index contributed by atoms with van der Waals surface area (Å²) < 4.78 is 46.6. The van der Waals surface area contributed by atoms with Gasteiger partial charge in [-0.1, -0.05) is 12.1 Å². The maximum atomic E-state index is 11.0. The van der Waals surface area contributed by atoms with Gasteiger partial charge in [-0.2, -0.15) is 0 Å². The van der Waals surface area contributed by atoms with E-state index in [-0.39, 0.29) is 41.3 Å². The molecule has 4 aliphatic heterocycles. The summed E-state index contributed by atoms with van der Waals surface area (Å²) in [7, 11) is 2.94. The van der Waals surface area contributed by atoms with Gasteiger partial charge in [0.15, 0.2) is 35.4 Å². The molecule has 0 spiro atoms. The number of methoxy groups -OCH3 is 2. The summed E-state index contributed by atoms with van der Waals surface area (Å²) in [5, 5.41) is 72.1. The number of rotatable bonds is 9. The van der Waals surface area contributed by atoms with Crippen LogP contribution in [0.1, 0.15) is 30.3 Å². The Morgan fingerprint density at radius 1 is 0.702 bits per heavy atom. The number of hydrogen-bond donors (Lipinski definition) is 7. The third-order valence-electron chi connectivity index (χ3n) is 9.48. The highest BCUT2D eigenvalue weighted by Gasteiger charge is 2.52. The summed E-state index contributed by atoms with van der Waals surface area (Å²) in [6, 6.07) is 10.3. The smallest absolute Gasteiger partial charge is 0.229 e. The van der Waals surface area contributed by atoms with Crippen molar-refractivity contribution < 1.29 is 73.6 Å². The van der Waals surface area contributed by atoms with Crippen molar-refractivity contribution in [2.75, 3.05) is 34.0 Å². The molecule has 14 unspecified atom stereocenters. The number of ether oxygens (including phenoxy) is 8. The van der Waals surface area contributed by atoms with Crippen LogP contribution in [0.4, 0.5) is 0 Å². The van der Waals surface area contributed by atoms with Gasteiger partial charge >= 0.3 is 0 Å². The molecule has 6 rings (SSSR count). The second kappa shape index (κ2) is 14.0. The molecule has 0 radical (unpaired) electrons. The van der Waals surface area contributed by atoms with Gasteiger partial charge in [-0.15, -0.1) is 0 Å². The fourth-order valence-corrected chi connectivity index (χ4v) is 6.77. The van der Waals surface area contributed by atoms with Crippen LogP contribution in [0.3, 0.4) is 0 Å². The Kier molecular flexibility index (Phi) is 10.1. The van der Waals surface area contributed by atoms with Gasteiger partial charge in [0, 0.05) is 11.8 Å². The van der Waals surface area contributed by atoms with E-state index >= 15 is 0 Å². The number of aliphatic hydroxyl groups excluding tert-OH is 6. The molecule has 2 aromatic rings. The quantitative estimate of drug-likeness (QED) is 0.180. The van der Waals surface area contributed by atoms with E-state index in [4.69, 9.17) is 37.9 Å². The fraction of sp³-hybridized carbons (Fsp3) is 0.625. The number of fused-ring (bicyclic) bond motifs is 1. The Labute approximate surface area is 270 Å². The first kappa shape index (κ1) is 34.1. The van der Waals surface area contributed by atoms with Gasteiger partial charge in [0.05, 0.1) is 52.4 Å². The molecule has 4 fully saturated rings. The second-order valence-corrected chi connectivity index (χ2v) is 12.3. The molecule has 0 aliphatic carbocycles. The lowest BCUT2D eigenvalue weighted by Gasteiger charge is -2.45. The second-order valence-electron chi connectivity index (χ2n) is 12.3. The Bertz CT molecular complexity index is 1380. The molecule has 0 aromatic heterocycles. The maximum absolute atomic E-state index is 11.0. The minimum atomic E-state index is -1.69. The zero-order valence-electron chi connectivity index (χ0n) is 26.1. The lowest BCUT2D eigenvalue weighted by Crippen LogP contribution is -2.64. The molecule has 0 saturated carbocycles. The van der Waals surface area contributed by atoms with Crippen molar-refractivity contribution in [3.8, 4) is 23.0 Å². The molecule has 0 amide bonds. The number of phenols is 1. The summed E-state index contributed by atoms with van der Waals surface area (Å²) in [5.41, 5.74) is 1.68. The molecule has 4 heterocycles. The van der Waals surface area contributed by atoms with Crippen LogP contribution < -0.4 is 14.2 Å². The molecule has 260 valence electrons. The van der Waals surface area contributed by atoms with Crippen molar-refractivity contribution >= 4 is 0 Å². The van der Waals surface area contributed by atoms with Gasteiger partial charge in [0.25, 0.3) is 0 Å². The van der Waals surface area contributed by atoms with Crippen LogP contribution in [0, 0.1) is 11.8 Å². The topological polar surface area (TPSA) is 215 Å². The summed E-state index contributed by atoms with van der Waals surface area (Å²) >= 11 is 0. The Hall–Kier alpha value is -2.80. The van der Waals surface area contributed by atoms with Crippen LogP contribution in [0.2, 0.25) is 0 Å². The number of benzene rings is 2. The molecule has 7 N–H and O–H groups in total. The lowest BCUT2D eigenvalue weighted by molar-refractivity contribution is -0.354.